The van der Waals surface area contributed by atoms with E-state index in [2.05, 4.69) is 11.2 Å². The van der Waals surface area contributed by atoms with Gasteiger partial charge in [-0.1, -0.05) is 29.8 Å². The molecule has 0 aliphatic carbocycles. The van der Waals surface area contributed by atoms with Gasteiger partial charge < -0.3 is 10.5 Å². The quantitative estimate of drug-likeness (QED) is 0.765. The SMILES string of the molecule is COc1ccc(Cl)cc1C(CN)c1cc(C)nn1-c1ccccc1. The molecule has 0 aliphatic rings. The molecule has 0 fully saturated rings. The smallest absolute Gasteiger partial charge is 0.122 e. The Hall–Kier alpha value is -2.30. The van der Waals surface area contributed by atoms with Crippen molar-refractivity contribution >= 4 is 11.6 Å². The fourth-order valence-corrected chi connectivity index (χ4v) is 3.11. The van der Waals surface area contributed by atoms with Crippen molar-refractivity contribution in [2.24, 2.45) is 5.73 Å². The van der Waals surface area contributed by atoms with Crippen LogP contribution in [0, 0.1) is 6.92 Å². The van der Waals surface area contributed by atoms with Crippen molar-refractivity contribution in [1.82, 2.24) is 9.78 Å². The lowest BCUT2D eigenvalue weighted by molar-refractivity contribution is 0.407. The van der Waals surface area contributed by atoms with Crippen LogP contribution in [-0.2, 0) is 0 Å². The Morgan fingerprint density at radius 1 is 1.17 bits per heavy atom. The molecule has 3 aromatic rings. The first-order valence-electron chi connectivity index (χ1n) is 7.79. The van der Waals surface area contributed by atoms with Gasteiger partial charge in [0.1, 0.15) is 5.75 Å². The van der Waals surface area contributed by atoms with Crippen molar-refractivity contribution in [3.8, 4) is 11.4 Å². The number of nitrogens with two attached hydrogens (primary N) is 1. The average molecular weight is 342 g/mol. The summed E-state index contributed by atoms with van der Waals surface area (Å²) in [5, 5.41) is 5.30. The Labute approximate surface area is 146 Å². The van der Waals surface area contributed by atoms with Crippen LogP contribution in [0.1, 0.15) is 22.9 Å². The number of ether oxygens (including phenoxy) is 1. The van der Waals surface area contributed by atoms with E-state index in [1.165, 1.54) is 0 Å². The van der Waals surface area contributed by atoms with Gasteiger partial charge in [0, 0.05) is 23.0 Å². The first kappa shape index (κ1) is 16.6. The van der Waals surface area contributed by atoms with Gasteiger partial charge >= 0.3 is 0 Å². The molecule has 0 saturated carbocycles. The van der Waals surface area contributed by atoms with Crippen LogP contribution >= 0.6 is 11.6 Å². The molecule has 1 heterocycles. The van der Waals surface area contributed by atoms with Crippen molar-refractivity contribution in [1.29, 1.82) is 0 Å². The van der Waals surface area contributed by atoms with Crippen LogP contribution in [0.25, 0.3) is 5.69 Å². The summed E-state index contributed by atoms with van der Waals surface area (Å²) in [7, 11) is 1.65. The minimum absolute atomic E-state index is 0.0694. The second-order valence-corrected chi connectivity index (χ2v) is 6.07. The number of hydrogen-bond donors (Lipinski definition) is 1. The fraction of sp³-hybridized carbons (Fsp3) is 0.211. The fourth-order valence-electron chi connectivity index (χ4n) is 2.93. The molecule has 5 heteroatoms. The first-order chi connectivity index (χ1) is 11.6. The van der Waals surface area contributed by atoms with Crippen molar-refractivity contribution in [3.63, 3.8) is 0 Å². The number of rotatable bonds is 5. The highest BCUT2D eigenvalue weighted by molar-refractivity contribution is 6.30. The predicted octanol–water partition coefficient (Wildman–Crippen LogP) is 3.93. The third-order valence-electron chi connectivity index (χ3n) is 4.02. The molecule has 0 saturated heterocycles. The standard InChI is InChI=1S/C19H20ClN3O/c1-13-10-18(23(22-13)15-6-4-3-5-7-15)17(12-21)16-11-14(20)8-9-19(16)24-2/h3-11,17H,12,21H2,1-2H3. The van der Waals surface area contributed by atoms with Gasteiger partial charge in [-0.25, -0.2) is 4.68 Å². The van der Waals surface area contributed by atoms with Gasteiger partial charge in [-0.15, -0.1) is 0 Å². The molecule has 0 bridgehead atoms. The highest BCUT2D eigenvalue weighted by Crippen LogP contribution is 2.34. The second kappa shape index (κ2) is 7.07. The molecule has 0 aliphatic heterocycles. The van der Waals surface area contributed by atoms with Gasteiger partial charge in [0.2, 0.25) is 0 Å². The zero-order chi connectivity index (χ0) is 17.1. The summed E-state index contributed by atoms with van der Waals surface area (Å²) in [5.74, 6) is 0.702. The molecule has 3 rings (SSSR count). The number of halogens is 1. The average Bonchev–Trinajstić information content (AvgIpc) is 2.98. The molecule has 0 spiro atoms. The normalized spacial score (nSPS) is 12.2. The number of benzene rings is 2. The lowest BCUT2D eigenvalue weighted by atomic mass is 9.94. The monoisotopic (exact) mass is 341 g/mol. The predicted molar refractivity (Wildman–Crippen MR) is 97.2 cm³/mol. The maximum Gasteiger partial charge on any atom is 0.122 e. The number of nitrogens with zero attached hydrogens (tertiary/aromatic N) is 2. The van der Waals surface area contributed by atoms with Crippen LogP contribution in [0.3, 0.4) is 0 Å². The molecule has 4 nitrogen and oxygen atoms in total. The maximum atomic E-state index is 6.21. The number of hydrogen-bond acceptors (Lipinski definition) is 3. The van der Waals surface area contributed by atoms with Crippen LogP contribution in [0.5, 0.6) is 5.75 Å². The molecule has 0 radical (unpaired) electrons. The molecule has 0 amide bonds. The third kappa shape index (κ3) is 3.16. The van der Waals surface area contributed by atoms with Crippen LogP contribution in [0.2, 0.25) is 5.02 Å². The molecular weight excluding hydrogens is 322 g/mol. The van der Waals surface area contributed by atoms with Gasteiger partial charge in [0.25, 0.3) is 0 Å². The second-order valence-electron chi connectivity index (χ2n) is 5.63. The van der Waals surface area contributed by atoms with Crippen molar-refractivity contribution in [2.75, 3.05) is 13.7 Å². The Bertz CT molecular complexity index is 830. The van der Waals surface area contributed by atoms with E-state index in [0.717, 1.165) is 28.4 Å². The Balaban J connectivity index is 2.15. The summed E-state index contributed by atoms with van der Waals surface area (Å²) in [6, 6.07) is 17.7. The van der Waals surface area contributed by atoms with E-state index in [9.17, 15) is 0 Å². The van der Waals surface area contributed by atoms with Gasteiger partial charge in [0.15, 0.2) is 0 Å². The number of aryl methyl sites for hydroxylation is 1. The molecule has 1 aromatic heterocycles. The minimum Gasteiger partial charge on any atom is -0.496 e. The summed E-state index contributed by atoms with van der Waals surface area (Å²) in [6.07, 6.45) is 0. The third-order valence-corrected chi connectivity index (χ3v) is 4.25. The van der Waals surface area contributed by atoms with Gasteiger partial charge in [-0.3, -0.25) is 0 Å². The van der Waals surface area contributed by atoms with E-state index >= 15 is 0 Å². The molecule has 24 heavy (non-hydrogen) atoms. The summed E-state index contributed by atoms with van der Waals surface area (Å²) >= 11 is 6.21. The van der Waals surface area contributed by atoms with Crippen LogP contribution < -0.4 is 10.5 Å². The Morgan fingerprint density at radius 2 is 1.92 bits per heavy atom. The molecule has 124 valence electrons. The van der Waals surface area contributed by atoms with E-state index < -0.39 is 0 Å². The largest absolute Gasteiger partial charge is 0.496 e. The number of aromatic nitrogens is 2. The Kier molecular flexibility index (Phi) is 4.88. The topological polar surface area (TPSA) is 53.1 Å². The lowest BCUT2D eigenvalue weighted by Gasteiger charge is -2.20. The molecule has 2 aromatic carbocycles. The minimum atomic E-state index is -0.0694. The summed E-state index contributed by atoms with van der Waals surface area (Å²) < 4.78 is 7.45. The number of methoxy groups -OCH3 is 1. The van der Waals surface area contributed by atoms with Crippen LogP contribution in [0.4, 0.5) is 0 Å². The molecular formula is C19H20ClN3O. The first-order valence-corrected chi connectivity index (χ1v) is 8.17. The van der Waals surface area contributed by atoms with E-state index in [-0.39, 0.29) is 5.92 Å². The van der Waals surface area contributed by atoms with Gasteiger partial charge in [0.05, 0.1) is 24.2 Å². The highest BCUT2D eigenvalue weighted by atomic mass is 35.5. The molecule has 1 atom stereocenters. The Morgan fingerprint density at radius 3 is 2.58 bits per heavy atom. The summed E-state index contributed by atoms with van der Waals surface area (Å²) in [4.78, 5) is 0. The maximum absolute atomic E-state index is 6.21. The molecule has 2 N–H and O–H groups in total. The summed E-state index contributed by atoms with van der Waals surface area (Å²) in [5.41, 5.74) is 10.0. The summed E-state index contributed by atoms with van der Waals surface area (Å²) in [6.45, 7) is 2.40. The van der Waals surface area contributed by atoms with Crippen molar-refractivity contribution < 1.29 is 4.74 Å². The zero-order valence-corrected chi connectivity index (χ0v) is 14.5. The van der Waals surface area contributed by atoms with Gasteiger partial charge in [-0.2, -0.15) is 5.10 Å². The number of para-hydroxylation sites is 1. The van der Waals surface area contributed by atoms with E-state index in [1.807, 2.05) is 60.1 Å². The van der Waals surface area contributed by atoms with E-state index in [0.29, 0.717) is 11.6 Å². The van der Waals surface area contributed by atoms with Crippen LogP contribution in [0.15, 0.2) is 54.6 Å². The van der Waals surface area contributed by atoms with Crippen molar-refractivity contribution in [3.05, 3.63) is 76.6 Å². The van der Waals surface area contributed by atoms with Crippen LogP contribution in [-0.4, -0.2) is 23.4 Å². The van der Waals surface area contributed by atoms with Crippen molar-refractivity contribution in [2.45, 2.75) is 12.8 Å². The molecule has 1 unspecified atom stereocenters. The van der Waals surface area contributed by atoms with Gasteiger partial charge in [-0.05, 0) is 43.3 Å². The highest BCUT2D eigenvalue weighted by Gasteiger charge is 2.22. The zero-order valence-electron chi connectivity index (χ0n) is 13.7. The van der Waals surface area contributed by atoms with E-state index in [1.54, 1.807) is 7.11 Å². The lowest BCUT2D eigenvalue weighted by Crippen LogP contribution is -2.18. The van der Waals surface area contributed by atoms with E-state index in [4.69, 9.17) is 22.1 Å².